The molecule has 8 heteroatoms. The molecule has 2 aromatic rings. The van der Waals surface area contributed by atoms with Crippen molar-refractivity contribution < 1.29 is 9.32 Å². The highest BCUT2D eigenvalue weighted by atomic mass is 35.5. The molecule has 120 valence electrons. The van der Waals surface area contributed by atoms with Gasteiger partial charge >= 0.3 is 0 Å². The van der Waals surface area contributed by atoms with Gasteiger partial charge in [-0.3, -0.25) is 4.79 Å². The third-order valence-electron chi connectivity index (χ3n) is 2.96. The molecule has 0 aliphatic carbocycles. The Bertz CT molecular complexity index is 639. The molecule has 1 aromatic carbocycles. The molecule has 0 bridgehead atoms. The van der Waals surface area contributed by atoms with E-state index in [0.717, 1.165) is 0 Å². The minimum atomic E-state index is -0.284. The summed E-state index contributed by atoms with van der Waals surface area (Å²) in [5, 5.41) is 7.52. The van der Waals surface area contributed by atoms with Crippen LogP contribution in [0.2, 0.25) is 10.0 Å². The zero-order chi connectivity index (χ0) is 15.4. The zero-order valence-electron chi connectivity index (χ0n) is 11.9. The van der Waals surface area contributed by atoms with Crippen LogP contribution in [0.25, 0.3) is 11.3 Å². The van der Waals surface area contributed by atoms with Crippen LogP contribution in [-0.2, 0) is 0 Å². The van der Waals surface area contributed by atoms with Crippen molar-refractivity contribution in [2.45, 2.75) is 13.3 Å². The number of aryl methyl sites for hydroxylation is 1. The van der Waals surface area contributed by atoms with E-state index in [9.17, 15) is 4.79 Å². The number of nitrogens with one attached hydrogen (secondary N) is 1. The first-order valence-corrected chi connectivity index (χ1v) is 7.20. The number of carbonyl (C=O) groups is 1. The molecule has 1 heterocycles. The van der Waals surface area contributed by atoms with Crippen molar-refractivity contribution in [3.8, 4) is 11.3 Å². The van der Waals surface area contributed by atoms with Gasteiger partial charge in [-0.2, -0.15) is 0 Å². The topological polar surface area (TPSA) is 81.2 Å². The predicted octanol–water partition coefficient (Wildman–Crippen LogP) is 3.46. The molecular weight excluding hydrogens is 349 g/mol. The molecule has 0 saturated heterocycles. The number of hydrogen-bond donors (Lipinski definition) is 2. The van der Waals surface area contributed by atoms with Crippen molar-refractivity contribution in [2.24, 2.45) is 5.73 Å². The second-order valence-electron chi connectivity index (χ2n) is 4.46. The Labute approximate surface area is 144 Å². The van der Waals surface area contributed by atoms with Gasteiger partial charge in [-0.05, 0) is 32.0 Å². The Kier molecular flexibility index (Phi) is 7.16. The van der Waals surface area contributed by atoms with E-state index in [4.69, 9.17) is 33.5 Å². The van der Waals surface area contributed by atoms with Crippen LogP contribution in [0, 0.1) is 6.92 Å². The van der Waals surface area contributed by atoms with Crippen molar-refractivity contribution >= 4 is 41.5 Å². The fraction of sp³-hybridized carbons (Fsp3) is 0.286. The van der Waals surface area contributed by atoms with Gasteiger partial charge in [-0.15, -0.1) is 12.4 Å². The van der Waals surface area contributed by atoms with Gasteiger partial charge in [0.25, 0.3) is 5.91 Å². The number of rotatable bonds is 5. The first-order chi connectivity index (χ1) is 10.1. The summed E-state index contributed by atoms with van der Waals surface area (Å²) >= 11 is 12.3. The van der Waals surface area contributed by atoms with Gasteiger partial charge in [-0.1, -0.05) is 34.4 Å². The van der Waals surface area contributed by atoms with Crippen LogP contribution in [0.5, 0.6) is 0 Å². The maximum atomic E-state index is 12.3. The Morgan fingerprint density at radius 1 is 1.36 bits per heavy atom. The summed E-state index contributed by atoms with van der Waals surface area (Å²) < 4.78 is 5.13. The average molecular weight is 365 g/mol. The molecule has 5 nitrogen and oxygen atoms in total. The molecule has 0 fully saturated rings. The molecular formula is C14H16Cl3N3O2. The van der Waals surface area contributed by atoms with Crippen molar-refractivity contribution in [2.75, 3.05) is 13.1 Å². The lowest BCUT2D eigenvalue weighted by atomic mass is 10.1. The van der Waals surface area contributed by atoms with E-state index in [1.54, 1.807) is 25.1 Å². The lowest BCUT2D eigenvalue weighted by molar-refractivity contribution is 0.0952. The van der Waals surface area contributed by atoms with Crippen molar-refractivity contribution in [1.82, 2.24) is 10.5 Å². The number of carbonyl (C=O) groups excluding carboxylic acids is 1. The molecule has 1 amide bonds. The van der Waals surface area contributed by atoms with E-state index in [2.05, 4.69) is 10.5 Å². The summed E-state index contributed by atoms with van der Waals surface area (Å²) in [5.74, 6) is 0.124. The summed E-state index contributed by atoms with van der Waals surface area (Å²) in [6.45, 7) is 2.65. The minimum absolute atomic E-state index is 0. The van der Waals surface area contributed by atoms with Crippen LogP contribution < -0.4 is 11.1 Å². The van der Waals surface area contributed by atoms with Crippen molar-refractivity contribution in [3.63, 3.8) is 0 Å². The van der Waals surface area contributed by atoms with E-state index in [1.165, 1.54) is 0 Å². The molecule has 1 aromatic heterocycles. The van der Waals surface area contributed by atoms with Crippen LogP contribution in [0.1, 0.15) is 22.5 Å². The van der Waals surface area contributed by atoms with E-state index >= 15 is 0 Å². The second-order valence-corrected chi connectivity index (χ2v) is 5.27. The van der Waals surface area contributed by atoms with Gasteiger partial charge in [0.1, 0.15) is 17.0 Å². The Balaban J connectivity index is 0.00000242. The summed E-state index contributed by atoms with van der Waals surface area (Å²) in [4.78, 5) is 12.3. The Morgan fingerprint density at radius 3 is 2.59 bits per heavy atom. The maximum absolute atomic E-state index is 12.3. The number of benzene rings is 1. The monoisotopic (exact) mass is 363 g/mol. The van der Waals surface area contributed by atoms with Gasteiger partial charge in [-0.25, -0.2) is 0 Å². The molecule has 22 heavy (non-hydrogen) atoms. The van der Waals surface area contributed by atoms with E-state index in [0.29, 0.717) is 52.1 Å². The molecule has 0 radical (unpaired) electrons. The highest BCUT2D eigenvalue weighted by Crippen LogP contribution is 2.36. The van der Waals surface area contributed by atoms with Crippen LogP contribution in [0.3, 0.4) is 0 Å². The maximum Gasteiger partial charge on any atom is 0.257 e. The SMILES string of the molecule is Cc1onc(-c2c(Cl)cccc2Cl)c1C(=O)NCCCN.Cl. The quantitative estimate of drug-likeness (QED) is 0.796. The number of aromatic nitrogens is 1. The molecule has 0 aliphatic heterocycles. The van der Waals surface area contributed by atoms with Crippen LogP contribution in [0.15, 0.2) is 22.7 Å². The Hall–Kier alpha value is -1.27. The van der Waals surface area contributed by atoms with Gasteiger partial charge in [0.05, 0.1) is 10.0 Å². The van der Waals surface area contributed by atoms with Gasteiger partial charge < -0.3 is 15.6 Å². The molecule has 0 spiro atoms. The lowest BCUT2D eigenvalue weighted by Crippen LogP contribution is -2.26. The van der Waals surface area contributed by atoms with Gasteiger partial charge in [0.15, 0.2) is 0 Å². The highest BCUT2D eigenvalue weighted by molar-refractivity contribution is 6.39. The first-order valence-electron chi connectivity index (χ1n) is 6.45. The van der Waals surface area contributed by atoms with Crippen molar-refractivity contribution in [3.05, 3.63) is 39.6 Å². The van der Waals surface area contributed by atoms with E-state index in [1.807, 2.05) is 0 Å². The average Bonchev–Trinajstić information content (AvgIpc) is 2.80. The largest absolute Gasteiger partial charge is 0.360 e. The molecule has 0 unspecified atom stereocenters. The molecule has 0 aliphatic rings. The second kappa shape index (κ2) is 8.39. The summed E-state index contributed by atoms with van der Waals surface area (Å²) in [6.07, 6.45) is 0.693. The normalized spacial score (nSPS) is 10.2. The highest BCUT2D eigenvalue weighted by Gasteiger charge is 2.24. The molecule has 2 rings (SSSR count). The van der Waals surface area contributed by atoms with Crippen LogP contribution >= 0.6 is 35.6 Å². The summed E-state index contributed by atoms with van der Waals surface area (Å²) in [7, 11) is 0. The minimum Gasteiger partial charge on any atom is -0.360 e. The fourth-order valence-electron chi connectivity index (χ4n) is 1.93. The number of nitrogens with zero attached hydrogens (tertiary/aromatic N) is 1. The van der Waals surface area contributed by atoms with Gasteiger partial charge in [0.2, 0.25) is 0 Å². The number of halogens is 3. The van der Waals surface area contributed by atoms with E-state index < -0.39 is 0 Å². The smallest absolute Gasteiger partial charge is 0.257 e. The first kappa shape index (κ1) is 18.8. The molecule has 3 N–H and O–H groups in total. The molecule has 0 saturated carbocycles. The van der Waals surface area contributed by atoms with Crippen LogP contribution in [0.4, 0.5) is 0 Å². The molecule has 0 atom stereocenters. The zero-order valence-corrected chi connectivity index (χ0v) is 14.2. The predicted molar refractivity (Wildman–Crippen MR) is 89.9 cm³/mol. The standard InChI is InChI=1S/C14H15Cl2N3O2.ClH/c1-8-11(14(20)18-7-3-6-17)13(19-21-8)12-9(15)4-2-5-10(12)16;/h2,4-5H,3,6-7,17H2,1H3,(H,18,20);1H. The summed E-state index contributed by atoms with van der Waals surface area (Å²) in [6, 6.07) is 5.09. The summed E-state index contributed by atoms with van der Waals surface area (Å²) in [5.41, 5.74) is 6.57. The van der Waals surface area contributed by atoms with Crippen LogP contribution in [-0.4, -0.2) is 24.2 Å². The Morgan fingerprint density at radius 2 is 2.00 bits per heavy atom. The fourth-order valence-corrected chi connectivity index (χ4v) is 2.50. The number of hydrogen-bond acceptors (Lipinski definition) is 4. The van der Waals surface area contributed by atoms with E-state index in [-0.39, 0.29) is 18.3 Å². The number of amides is 1. The number of nitrogens with two attached hydrogens (primary N) is 1. The van der Waals surface area contributed by atoms with Crippen molar-refractivity contribution in [1.29, 1.82) is 0 Å². The third kappa shape index (κ3) is 3.93. The van der Waals surface area contributed by atoms with Gasteiger partial charge in [0, 0.05) is 12.1 Å². The lowest BCUT2D eigenvalue weighted by Gasteiger charge is -2.07. The third-order valence-corrected chi connectivity index (χ3v) is 3.59.